The smallest absolute Gasteiger partial charge is 0.116 e. The maximum Gasteiger partial charge on any atom is 0.116 e. The summed E-state index contributed by atoms with van der Waals surface area (Å²) in [7, 11) is -1.08. The minimum Gasteiger partial charge on any atom is -0.397 e. The molecule has 408 valence electrons. The van der Waals surface area contributed by atoms with Crippen LogP contribution in [0.15, 0.2) is 9.98 Å². The van der Waals surface area contributed by atoms with Crippen molar-refractivity contribution in [1.82, 2.24) is 16.0 Å². The van der Waals surface area contributed by atoms with Crippen molar-refractivity contribution in [2.75, 3.05) is 79.7 Å². The Hall–Kier alpha value is -0.732. The predicted molar refractivity (Wildman–Crippen MR) is 319 cm³/mol. The number of hydrogen-bond donors (Lipinski definition) is 7. The van der Waals surface area contributed by atoms with Crippen molar-refractivity contribution in [3.05, 3.63) is 0 Å². The summed E-state index contributed by atoms with van der Waals surface area (Å²) in [5, 5.41) is 32.6. The number of nitrogens with one attached hydrogen (secondary N) is 3. The van der Waals surface area contributed by atoms with Gasteiger partial charge in [-0.1, -0.05) is 132 Å². The Kier molecular flexibility index (Phi) is 88.7. The van der Waals surface area contributed by atoms with Crippen LogP contribution in [0.1, 0.15) is 130 Å². The number of aldehydes is 2. The summed E-state index contributed by atoms with van der Waals surface area (Å²) in [4.78, 5) is 26.4. The lowest BCUT2D eigenvalue weighted by Crippen LogP contribution is -2.42. The third-order valence-corrected chi connectivity index (χ3v) is 31.3. The van der Waals surface area contributed by atoms with E-state index < -0.39 is 32.3 Å². The molecule has 0 saturated heterocycles. The van der Waals surface area contributed by atoms with Crippen molar-refractivity contribution < 1.29 is 24.9 Å². The lowest BCUT2D eigenvalue weighted by Gasteiger charge is -2.41. The maximum atomic E-state index is 8.81. The average Bonchev–Trinajstić information content (AvgIpc) is 3.25. The molecule has 0 bridgehead atoms. The number of carbonyl (C=O) groups excluding carboxylic acids is 2. The Balaban J connectivity index is -0.0000000824. The summed E-state index contributed by atoms with van der Waals surface area (Å²) in [5.74, 6) is 0. The highest BCUT2D eigenvalue weighted by Crippen LogP contribution is 2.45. The second-order valence-corrected chi connectivity index (χ2v) is 40.2. The van der Waals surface area contributed by atoms with E-state index in [1.165, 1.54) is 83.8 Å². The van der Waals surface area contributed by atoms with Crippen molar-refractivity contribution in [2.45, 2.75) is 229 Å². The third kappa shape index (κ3) is 67.5. The van der Waals surface area contributed by atoms with E-state index in [0.29, 0.717) is 0 Å². The lowest BCUT2D eigenvalue weighted by atomic mass is 10.3. The van der Waals surface area contributed by atoms with Crippen molar-refractivity contribution >= 4 is 57.3 Å². The monoisotopic (exact) mass is 1020 g/mol. The molecule has 11 nitrogen and oxygen atoms in total. The van der Waals surface area contributed by atoms with Crippen LogP contribution in [-0.4, -0.2) is 152 Å². The highest BCUT2D eigenvalue weighted by Gasteiger charge is 2.40. The molecule has 0 amide bonds. The van der Waals surface area contributed by atoms with E-state index in [9.17, 15) is 0 Å². The molecular weight excluding hydrogens is 889 g/mol. The average molecular weight is 1020 g/mol. The molecule has 8 N–H and O–H groups in total. The Morgan fingerprint density at radius 3 is 0.818 bits per heavy atom. The second kappa shape index (κ2) is 66.3. The first kappa shape index (κ1) is 88.3. The molecule has 0 aliphatic carbocycles. The fourth-order valence-electron chi connectivity index (χ4n) is 6.82. The Labute approximate surface area is 420 Å². The zero-order valence-corrected chi connectivity index (χ0v) is 52.5. The van der Waals surface area contributed by atoms with Crippen LogP contribution in [0, 0.1) is 0 Å². The maximum absolute atomic E-state index is 8.81. The van der Waals surface area contributed by atoms with Gasteiger partial charge < -0.3 is 46.6 Å². The van der Waals surface area contributed by atoms with E-state index in [2.05, 4.69) is 133 Å². The molecule has 0 aliphatic rings. The summed E-state index contributed by atoms with van der Waals surface area (Å²) in [6.45, 7) is 58.0. The van der Waals surface area contributed by atoms with Crippen LogP contribution in [0.25, 0.3) is 0 Å². The molecule has 0 aromatic heterocycles. The number of carbonyl (C=O) groups is 2. The van der Waals surface area contributed by atoms with Crippen LogP contribution in [0.5, 0.6) is 0 Å². The van der Waals surface area contributed by atoms with Crippen LogP contribution in [0.2, 0.25) is 98.7 Å². The van der Waals surface area contributed by atoms with Crippen molar-refractivity contribution in [3.8, 4) is 0 Å². The molecule has 0 rings (SSSR count). The van der Waals surface area contributed by atoms with E-state index >= 15 is 0 Å². The molecule has 0 aliphatic heterocycles. The number of aliphatic imine (C=N–C) groups is 2. The van der Waals surface area contributed by atoms with Crippen molar-refractivity contribution in [1.29, 1.82) is 0 Å². The highest BCUT2D eigenvalue weighted by molar-refractivity contribution is 6.85. The van der Waals surface area contributed by atoms with Gasteiger partial charge in [0.15, 0.2) is 0 Å². The van der Waals surface area contributed by atoms with Gasteiger partial charge in [0.25, 0.3) is 0 Å². The molecule has 0 spiro atoms. The second-order valence-electron chi connectivity index (χ2n) is 18.7. The Bertz CT molecular complexity index is 875. The van der Waals surface area contributed by atoms with Gasteiger partial charge >= 0.3 is 0 Å². The third-order valence-electron chi connectivity index (χ3n) is 12.2. The molecule has 15 heteroatoms. The van der Waals surface area contributed by atoms with E-state index in [-0.39, 0.29) is 27.2 Å². The van der Waals surface area contributed by atoms with Crippen molar-refractivity contribution in [3.63, 3.8) is 0 Å². The molecule has 66 heavy (non-hydrogen) atoms. The minimum absolute atomic E-state index is 0. The molecular formula is C51H128N6O5Si4. The summed E-state index contributed by atoms with van der Waals surface area (Å²) in [6, 6.07) is 5.79. The lowest BCUT2D eigenvalue weighted by molar-refractivity contribution is -0.106. The van der Waals surface area contributed by atoms with Gasteiger partial charge in [-0.3, -0.25) is 9.98 Å². The number of aliphatic hydroxyl groups excluding tert-OH is 3. The van der Waals surface area contributed by atoms with Gasteiger partial charge in [0.1, 0.15) is 12.6 Å². The van der Waals surface area contributed by atoms with Crippen LogP contribution >= 0.6 is 0 Å². The predicted octanol–water partition coefficient (Wildman–Crippen LogP) is 12.2. The zero-order chi connectivity index (χ0) is 53.4. The van der Waals surface area contributed by atoms with Gasteiger partial charge in [0, 0.05) is 32.9 Å². The summed E-state index contributed by atoms with van der Waals surface area (Å²) < 4.78 is 0. The molecule has 0 fully saturated rings. The minimum atomic E-state index is -1.15. The quantitative estimate of drug-likeness (QED) is 0.0203. The molecule has 0 aromatic carbocycles. The SMILES string of the molecule is C.CC=NCCC[Si](C)(C)C(C)C(C)[Si](C)(C)CCCN=CC.CC=O.CC=O.CCNC.CCNCCC[Si](C)(C)C(C)C(C)[Si](C)(C)CCCNCC.CCO.CCO.CCO.CN. The molecule has 4 atom stereocenters. The normalized spacial score (nSPS) is 12.5. The van der Waals surface area contributed by atoms with Gasteiger partial charge in [0.05, 0.1) is 32.3 Å². The molecule has 0 heterocycles. The Morgan fingerprint density at radius 2 is 0.667 bits per heavy atom. The van der Waals surface area contributed by atoms with E-state index in [1.807, 2.05) is 33.3 Å². The summed E-state index contributed by atoms with van der Waals surface area (Å²) in [5.41, 5.74) is 8.23. The fourth-order valence-corrected chi connectivity index (χ4v) is 23.8. The molecule has 0 aromatic rings. The summed E-state index contributed by atoms with van der Waals surface area (Å²) in [6.07, 6.45) is 10.7. The standard InChI is InChI=1S/C18H44N2Si2.C18H40N2Si2.C3H9N.3C2H6O.2C2H4O.CH5N.CH4/c2*1-9-19-13-11-15-21(5,6)17(3)18(4)22(7,8)16-12-14-20-10-2;1-3-4-2;5*1-2-3;1-2;/h17-20H,9-16H2,1-8H3;9-10,17-18H,11-16H2,1-8H3;4H,3H2,1-2H3;3*3H,2H2,1H3;2*2H,1H3;2H2,1H3;1H4. The topological polar surface area (TPSA) is 182 Å². The van der Waals surface area contributed by atoms with Crippen LogP contribution < -0.4 is 21.7 Å². The zero-order valence-electron chi connectivity index (χ0n) is 48.5. The Morgan fingerprint density at radius 1 is 0.485 bits per heavy atom. The first-order chi connectivity index (χ1) is 30.4. The van der Waals surface area contributed by atoms with Crippen LogP contribution in [-0.2, 0) is 9.59 Å². The number of hydrogen-bond acceptors (Lipinski definition) is 11. The van der Waals surface area contributed by atoms with Crippen LogP contribution in [0.4, 0.5) is 0 Å². The van der Waals surface area contributed by atoms with Gasteiger partial charge in [-0.15, -0.1) is 0 Å². The number of nitrogens with two attached hydrogens (primary N) is 1. The highest BCUT2D eigenvalue weighted by atomic mass is 28.3. The molecule has 4 unspecified atom stereocenters. The van der Waals surface area contributed by atoms with Gasteiger partial charge in [0.2, 0.25) is 0 Å². The van der Waals surface area contributed by atoms with Gasteiger partial charge in [-0.25, -0.2) is 0 Å². The largest absolute Gasteiger partial charge is 0.397 e. The first-order valence-corrected chi connectivity index (χ1v) is 38.6. The van der Waals surface area contributed by atoms with E-state index in [4.69, 9.17) is 24.9 Å². The van der Waals surface area contributed by atoms with Crippen molar-refractivity contribution in [2.24, 2.45) is 15.7 Å². The molecule has 0 saturated carbocycles. The first-order valence-electron chi connectivity index (χ1n) is 25.5. The van der Waals surface area contributed by atoms with Gasteiger partial charge in [-0.2, -0.15) is 0 Å². The van der Waals surface area contributed by atoms with Gasteiger partial charge in [-0.05, 0) is 156 Å². The fraction of sp³-hybridized carbons (Fsp3) is 0.922. The number of rotatable bonds is 25. The van der Waals surface area contributed by atoms with E-state index in [1.54, 1.807) is 20.8 Å². The molecule has 0 radical (unpaired) electrons. The van der Waals surface area contributed by atoms with E-state index in [0.717, 1.165) is 67.5 Å². The number of nitrogens with zero attached hydrogens (tertiary/aromatic N) is 2. The summed E-state index contributed by atoms with van der Waals surface area (Å²) >= 11 is 0. The van der Waals surface area contributed by atoms with Crippen LogP contribution in [0.3, 0.4) is 0 Å². The number of aliphatic hydroxyl groups is 3.